The number of aromatic nitrogens is 1. The minimum absolute atomic E-state index is 0.190. The molecular weight excluding hydrogens is 292 g/mol. The second kappa shape index (κ2) is 6.49. The van der Waals surface area contributed by atoms with Gasteiger partial charge in [-0.15, -0.1) is 11.3 Å². The number of rotatable bonds is 4. The summed E-state index contributed by atoms with van der Waals surface area (Å²) in [7, 11) is 0. The molecule has 21 heavy (non-hydrogen) atoms. The first kappa shape index (κ1) is 14.5. The van der Waals surface area contributed by atoms with Crippen molar-refractivity contribution in [1.29, 1.82) is 5.26 Å². The second-order valence-electron chi connectivity index (χ2n) is 3.99. The molecule has 3 N–H and O–H groups in total. The third-order valence-corrected chi connectivity index (χ3v) is 3.16. The number of carbonyl (C=O) groups excluding carboxylic acids is 1. The lowest BCUT2D eigenvalue weighted by Gasteiger charge is -2.05. The Balaban J connectivity index is 1.96. The highest BCUT2D eigenvalue weighted by molar-refractivity contribution is 7.13. The van der Waals surface area contributed by atoms with E-state index >= 15 is 0 Å². The SMILES string of the molecule is N#Cc1cccc(NC(=O)Nc2nc(CC(=O)O)cs2)c1. The van der Waals surface area contributed by atoms with Crippen molar-refractivity contribution in [3.05, 3.63) is 40.9 Å². The molecule has 0 radical (unpaired) electrons. The number of carbonyl (C=O) groups is 2. The highest BCUT2D eigenvalue weighted by Gasteiger charge is 2.09. The normalized spacial score (nSPS) is 9.67. The van der Waals surface area contributed by atoms with Crippen molar-refractivity contribution in [2.45, 2.75) is 6.42 Å². The van der Waals surface area contributed by atoms with E-state index in [9.17, 15) is 9.59 Å². The van der Waals surface area contributed by atoms with Gasteiger partial charge in [0.15, 0.2) is 5.13 Å². The molecule has 0 saturated carbocycles. The molecule has 106 valence electrons. The molecule has 0 aliphatic carbocycles. The van der Waals surface area contributed by atoms with Gasteiger partial charge in [-0.25, -0.2) is 9.78 Å². The molecule has 0 spiro atoms. The Morgan fingerprint density at radius 2 is 2.19 bits per heavy atom. The maximum atomic E-state index is 11.8. The predicted molar refractivity (Wildman–Crippen MR) is 77.3 cm³/mol. The molecule has 8 heteroatoms. The molecule has 1 aromatic heterocycles. The van der Waals surface area contributed by atoms with Crippen LogP contribution in [0, 0.1) is 11.3 Å². The van der Waals surface area contributed by atoms with Crippen molar-refractivity contribution in [2.24, 2.45) is 0 Å². The number of nitrogens with one attached hydrogen (secondary N) is 2. The average molecular weight is 302 g/mol. The number of anilines is 2. The van der Waals surface area contributed by atoms with Crippen molar-refractivity contribution >= 4 is 34.2 Å². The fourth-order valence-electron chi connectivity index (χ4n) is 1.53. The van der Waals surface area contributed by atoms with Crippen molar-refractivity contribution in [2.75, 3.05) is 10.6 Å². The van der Waals surface area contributed by atoms with Crippen LogP contribution in [-0.4, -0.2) is 22.1 Å². The number of carboxylic acid groups (broad SMARTS) is 1. The van der Waals surface area contributed by atoms with Crippen LogP contribution in [0.2, 0.25) is 0 Å². The van der Waals surface area contributed by atoms with Crippen LogP contribution in [0.25, 0.3) is 0 Å². The fraction of sp³-hybridized carbons (Fsp3) is 0.0769. The molecule has 0 bridgehead atoms. The van der Waals surface area contributed by atoms with E-state index < -0.39 is 12.0 Å². The average Bonchev–Trinajstić information content (AvgIpc) is 2.85. The van der Waals surface area contributed by atoms with Gasteiger partial charge in [0.2, 0.25) is 0 Å². The maximum Gasteiger partial charge on any atom is 0.325 e. The van der Waals surface area contributed by atoms with Gasteiger partial charge in [0.1, 0.15) is 0 Å². The second-order valence-corrected chi connectivity index (χ2v) is 4.84. The maximum absolute atomic E-state index is 11.8. The first-order chi connectivity index (χ1) is 10.1. The molecule has 7 nitrogen and oxygen atoms in total. The number of nitrogens with zero attached hydrogens (tertiary/aromatic N) is 2. The first-order valence-corrected chi connectivity index (χ1v) is 6.69. The molecule has 0 aliphatic heterocycles. The van der Waals surface area contributed by atoms with E-state index in [-0.39, 0.29) is 6.42 Å². The molecular formula is C13H10N4O3S. The van der Waals surface area contributed by atoms with Crippen LogP contribution in [0.15, 0.2) is 29.6 Å². The van der Waals surface area contributed by atoms with Gasteiger partial charge in [-0.2, -0.15) is 5.26 Å². The number of urea groups is 1. The highest BCUT2D eigenvalue weighted by Crippen LogP contribution is 2.16. The van der Waals surface area contributed by atoms with Gasteiger partial charge in [0.25, 0.3) is 0 Å². The molecule has 2 aromatic rings. The van der Waals surface area contributed by atoms with Crippen molar-refractivity contribution < 1.29 is 14.7 Å². The van der Waals surface area contributed by atoms with Gasteiger partial charge in [-0.1, -0.05) is 6.07 Å². The van der Waals surface area contributed by atoms with Crippen LogP contribution in [0.5, 0.6) is 0 Å². The van der Waals surface area contributed by atoms with Gasteiger partial charge in [-0.3, -0.25) is 10.1 Å². The molecule has 1 heterocycles. The lowest BCUT2D eigenvalue weighted by atomic mass is 10.2. The molecule has 0 aliphatic rings. The van der Waals surface area contributed by atoms with Crippen molar-refractivity contribution in [3.8, 4) is 6.07 Å². The predicted octanol–water partition coefficient (Wildman–Crippen LogP) is 2.29. The minimum Gasteiger partial charge on any atom is -0.481 e. The number of nitriles is 1. The first-order valence-electron chi connectivity index (χ1n) is 5.81. The Morgan fingerprint density at radius 1 is 1.38 bits per heavy atom. The van der Waals surface area contributed by atoms with E-state index in [4.69, 9.17) is 10.4 Å². The lowest BCUT2D eigenvalue weighted by Crippen LogP contribution is -2.19. The van der Waals surface area contributed by atoms with Crippen LogP contribution >= 0.6 is 11.3 Å². The number of hydrogen-bond acceptors (Lipinski definition) is 5. The van der Waals surface area contributed by atoms with E-state index in [0.29, 0.717) is 22.1 Å². The summed E-state index contributed by atoms with van der Waals surface area (Å²) < 4.78 is 0. The highest BCUT2D eigenvalue weighted by atomic mass is 32.1. The standard InChI is InChI=1S/C13H10N4O3S/c14-6-8-2-1-3-9(4-8)15-12(20)17-13-16-10(7-21-13)5-11(18)19/h1-4,7H,5H2,(H,18,19)(H2,15,16,17,20). The zero-order valence-corrected chi connectivity index (χ0v) is 11.5. The van der Waals surface area contributed by atoms with Crippen LogP contribution in [0.4, 0.5) is 15.6 Å². The summed E-state index contributed by atoms with van der Waals surface area (Å²) in [6.07, 6.45) is -0.190. The molecule has 0 atom stereocenters. The number of hydrogen-bond donors (Lipinski definition) is 3. The minimum atomic E-state index is -0.982. The summed E-state index contributed by atoms with van der Waals surface area (Å²) >= 11 is 1.14. The van der Waals surface area contributed by atoms with E-state index in [2.05, 4.69) is 15.6 Å². The van der Waals surface area contributed by atoms with Gasteiger partial charge in [-0.05, 0) is 18.2 Å². The van der Waals surface area contributed by atoms with Crippen LogP contribution < -0.4 is 10.6 Å². The largest absolute Gasteiger partial charge is 0.481 e. The summed E-state index contributed by atoms with van der Waals surface area (Å²) in [4.78, 5) is 26.3. The Hall–Kier alpha value is -2.92. The molecule has 2 amide bonds. The molecule has 0 unspecified atom stereocenters. The van der Waals surface area contributed by atoms with Crippen LogP contribution in [0.3, 0.4) is 0 Å². The summed E-state index contributed by atoms with van der Waals surface area (Å²) in [6, 6.07) is 7.93. The Morgan fingerprint density at radius 3 is 2.90 bits per heavy atom. The zero-order chi connectivity index (χ0) is 15.2. The lowest BCUT2D eigenvalue weighted by molar-refractivity contribution is -0.136. The molecule has 1 aromatic carbocycles. The Kier molecular flexibility index (Phi) is 4.48. The number of aliphatic carboxylic acids is 1. The van der Waals surface area contributed by atoms with Crippen molar-refractivity contribution in [1.82, 2.24) is 4.98 Å². The van der Waals surface area contributed by atoms with E-state index in [1.807, 2.05) is 6.07 Å². The van der Waals surface area contributed by atoms with Crippen molar-refractivity contribution in [3.63, 3.8) is 0 Å². The summed E-state index contributed by atoms with van der Waals surface area (Å²) in [6.45, 7) is 0. The summed E-state index contributed by atoms with van der Waals surface area (Å²) in [5.41, 5.74) is 1.30. The van der Waals surface area contributed by atoms with Crippen LogP contribution in [-0.2, 0) is 11.2 Å². The van der Waals surface area contributed by atoms with E-state index in [1.165, 1.54) is 6.07 Å². The third-order valence-electron chi connectivity index (χ3n) is 2.35. The zero-order valence-electron chi connectivity index (χ0n) is 10.7. The monoisotopic (exact) mass is 302 g/mol. The fourth-order valence-corrected chi connectivity index (χ4v) is 2.23. The third kappa shape index (κ3) is 4.29. The summed E-state index contributed by atoms with van der Waals surface area (Å²) in [5.74, 6) is -0.982. The molecule has 0 fully saturated rings. The van der Waals surface area contributed by atoms with E-state index in [0.717, 1.165) is 11.3 Å². The molecule has 0 saturated heterocycles. The van der Waals surface area contributed by atoms with Gasteiger partial charge in [0, 0.05) is 11.1 Å². The van der Waals surface area contributed by atoms with Gasteiger partial charge < -0.3 is 10.4 Å². The topological polar surface area (TPSA) is 115 Å². The number of benzene rings is 1. The van der Waals surface area contributed by atoms with Gasteiger partial charge in [0.05, 0.1) is 23.7 Å². The van der Waals surface area contributed by atoms with Crippen LogP contribution in [0.1, 0.15) is 11.3 Å². The molecule has 2 rings (SSSR count). The number of amides is 2. The smallest absolute Gasteiger partial charge is 0.325 e. The summed E-state index contributed by atoms with van der Waals surface area (Å²) in [5, 5.41) is 24.4. The quantitative estimate of drug-likeness (QED) is 0.801. The van der Waals surface area contributed by atoms with Gasteiger partial charge >= 0.3 is 12.0 Å². The number of thiazole rings is 1. The number of carboxylic acids is 1. The van der Waals surface area contributed by atoms with E-state index in [1.54, 1.807) is 23.6 Å². The Labute approximate surface area is 123 Å². The Bertz CT molecular complexity index is 720.